The zero-order valence-corrected chi connectivity index (χ0v) is 10.7. The molecular weight excluding hydrogens is 319 g/mol. The Hall–Kier alpha value is -2.10. The Balaban J connectivity index is 2.58. The molecule has 0 unspecified atom stereocenters. The molecule has 112 valence electrons. The van der Waals surface area contributed by atoms with Crippen molar-refractivity contribution in [1.82, 2.24) is 9.55 Å². The Kier molecular flexibility index (Phi) is 4.16. The number of halogens is 5. The smallest absolute Gasteiger partial charge is 0.313 e. The SMILES string of the molecule is O=C(O)CSc1nccn1-c1c(F)c(F)c(F)c(F)c1F. The number of benzene rings is 1. The second-order valence-electron chi connectivity index (χ2n) is 3.68. The number of thioether (sulfide) groups is 1. The average Bonchev–Trinajstić information content (AvgIpc) is 2.89. The van der Waals surface area contributed by atoms with Gasteiger partial charge in [0.1, 0.15) is 5.69 Å². The summed E-state index contributed by atoms with van der Waals surface area (Å²) in [4.78, 5) is 14.1. The lowest BCUT2D eigenvalue weighted by atomic mass is 10.2. The molecule has 0 fully saturated rings. The third-order valence-corrected chi connectivity index (χ3v) is 3.31. The lowest BCUT2D eigenvalue weighted by Gasteiger charge is -2.11. The predicted octanol–water partition coefficient (Wildman–Crippen LogP) is 2.74. The van der Waals surface area contributed by atoms with Gasteiger partial charge in [0.2, 0.25) is 5.82 Å². The molecule has 1 N–H and O–H groups in total. The van der Waals surface area contributed by atoms with Crippen molar-refractivity contribution in [2.75, 3.05) is 5.75 Å². The fraction of sp³-hybridized carbons (Fsp3) is 0.0909. The molecule has 2 rings (SSSR count). The number of rotatable bonds is 4. The van der Waals surface area contributed by atoms with E-state index in [1.165, 1.54) is 0 Å². The number of carboxylic acid groups (broad SMARTS) is 1. The Bertz CT molecular complexity index is 690. The van der Waals surface area contributed by atoms with Crippen LogP contribution in [0.4, 0.5) is 22.0 Å². The van der Waals surface area contributed by atoms with Crippen molar-refractivity contribution in [2.45, 2.75) is 5.16 Å². The van der Waals surface area contributed by atoms with E-state index in [-0.39, 0.29) is 5.16 Å². The van der Waals surface area contributed by atoms with E-state index in [2.05, 4.69) is 4.98 Å². The van der Waals surface area contributed by atoms with E-state index >= 15 is 0 Å². The molecule has 0 saturated carbocycles. The van der Waals surface area contributed by atoms with Crippen LogP contribution in [0.2, 0.25) is 0 Å². The van der Waals surface area contributed by atoms with Gasteiger partial charge in [0.25, 0.3) is 0 Å². The van der Waals surface area contributed by atoms with E-state index in [0.717, 1.165) is 12.4 Å². The summed E-state index contributed by atoms with van der Waals surface area (Å²) in [7, 11) is 0. The lowest BCUT2D eigenvalue weighted by Crippen LogP contribution is -2.10. The Morgan fingerprint density at radius 3 is 2.14 bits per heavy atom. The van der Waals surface area contributed by atoms with E-state index in [9.17, 15) is 26.7 Å². The number of aliphatic carboxylic acids is 1. The fourth-order valence-electron chi connectivity index (χ4n) is 1.50. The summed E-state index contributed by atoms with van der Waals surface area (Å²) in [6.45, 7) is 0. The lowest BCUT2D eigenvalue weighted by molar-refractivity contribution is -0.133. The molecule has 1 aromatic carbocycles. The molecule has 0 aliphatic carbocycles. The quantitative estimate of drug-likeness (QED) is 0.407. The molecule has 21 heavy (non-hydrogen) atoms. The highest BCUT2D eigenvalue weighted by Crippen LogP contribution is 2.29. The van der Waals surface area contributed by atoms with Gasteiger partial charge < -0.3 is 5.11 Å². The van der Waals surface area contributed by atoms with E-state index in [1.807, 2.05) is 0 Å². The van der Waals surface area contributed by atoms with Crippen LogP contribution in [-0.4, -0.2) is 26.4 Å². The molecule has 0 aliphatic rings. The van der Waals surface area contributed by atoms with Crippen LogP contribution in [0.25, 0.3) is 5.69 Å². The van der Waals surface area contributed by atoms with Crippen LogP contribution in [-0.2, 0) is 4.79 Å². The van der Waals surface area contributed by atoms with Crippen LogP contribution < -0.4 is 0 Å². The van der Waals surface area contributed by atoms with Crippen LogP contribution in [0.15, 0.2) is 17.6 Å². The molecule has 0 aliphatic heterocycles. The number of aromatic nitrogens is 2. The molecular formula is C11H5F5N2O2S. The van der Waals surface area contributed by atoms with Crippen molar-refractivity contribution >= 4 is 17.7 Å². The van der Waals surface area contributed by atoms with Gasteiger partial charge in [-0.2, -0.15) is 0 Å². The average molecular weight is 324 g/mol. The first-order valence-electron chi connectivity index (χ1n) is 5.24. The predicted molar refractivity (Wildman–Crippen MR) is 61.7 cm³/mol. The summed E-state index contributed by atoms with van der Waals surface area (Å²) in [6.07, 6.45) is 2.00. The van der Waals surface area contributed by atoms with Crippen LogP contribution >= 0.6 is 11.8 Å². The molecule has 4 nitrogen and oxygen atoms in total. The van der Waals surface area contributed by atoms with Gasteiger partial charge in [-0.3, -0.25) is 9.36 Å². The van der Waals surface area contributed by atoms with Crippen molar-refractivity contribution in [3.05, 3.63) is 41.5 Å². The second-order valence-corrected chi connectivity index (χ2v) is 4.62. The third kappa shape index (κ3) is 2.71. The van der Waals surface area contributed by atoms with Crippen molar-refractivity contribution < 1.29 is 31.9 Å². The summed E-state index contributed by atoms with van der Waals surface area (Å²) in [5.41, 5.74) is -1.21. The topological polar surface area (TPSA) is 55.1 Å². The second kappa shape index (κ2) is 5.72. The van der Waals surface area contributed by atoms with Gasteiger partial charge in [0, 0.05) is 12.4 Å². The summed E-state index contributed by atoms with van der Waals surface area (Å²) in [6, 6.07) is 0. The van der Waals surface area contributed by atoms with Crippen LogP contribution in [0.5, 0.6) is 0 Å². The Morgan fingerprint density at radius 2 is 1.62 bits per heavy atom. The summed E-state index contributed by atoms with van der Waals surface area (Å²) in [5, 5.41) is 8.31. The molecule has 2 aromatic rings. The molecule has 1 heterocycles. The van der Waals surface area contributed by atoms with Gasteiger partial charge >= 0.3 is 5.97 Å². The number of nitrogens with zero attached hydrogens (tertiary/aromatic N) is 2. The molecule has 0 atom stereocenters. The maximum atomic E-state index is 13.6. The molecule has 0 bridgehead atoms. The molecule has 0 radical (unpaired) electrons. The van der Waals surface area contributed by atoms with Crippen LogP contribution in [0.3, 0.4) is 0 Å². The zero-order chi connectivity index (χ0) is 15.7. The zero-order valence-electron chi connectivity index (χ0n) is 9.91. The highest BCUT2D eigenvalue weighted by atomic mass is 32.2. The van der Waals surface area contributed by atoms with Gasteiger partial charge in [0.05, 0.1) is 5.75 Å². The van der Waals surface area contributed by atoms with E-state index in [4.69, 9.17) is 5.11 Å². The van der Waals surface area contributed by atoms with Crippen molar-refractivity contribution in [1.29, 1.82) is 0 Å². The minimum absolute atomic E-state index is 0.222. The number of carbonyl (C=O) groups is 1. The van der Waals surface area contributed by atoms with Gasteiger partial charge in [-0.05, 0) is 0 Å². The van der Waals surface area contributed by atoms with Crippen molar-refractivity contribution in [3.8, 4) is 5.69 Å². The number of hydrogen-bond acceptors (Lipinski definition) is 3. The van der Waals surface area contributed by atoms with Gasteiger partial charge in [-0.25, -0.2) is 26.9 Å². The number of carboxylic acids is 1. The maximum absolute atomic E-state index is 13.6. The van der Waals surface area contributed by atoms with Crippen LogP contribution in [0.1, 0.15) is 0 Å². The first kappa shape index (κ1) is 15.3. The molecule has 0 spiro atoms. The van der Waals surface area contributed by atoms with Gasteiger partial charge in [-0.1, -0.05) is 11.8 Å². The van der Waals surface area contributed by atoms with Crippen molar-refractivity contribution in [2.24, 2.45) is 0 Å². The first-order valence-corrected chi connectivity index (χ1v) is 6.23. The molecule has 0 saturated heterocycles. The van der Waals surface area contributed by atoms with E-state index < -0.39 is 46.5 Å². The number of imidazole rings is 1. The molecule has 1 aromatic heterocycles. The van der Waals surface area contributed by atoms with E-state index in [1.54, 1.807) is 0 Å². The summed E-state index contributed by atoms with van der Waals surface area (Å²) >= 11 is 0.570. The summed E-state index contributed by atoms with van der Waals surface area (Å²) in [5.74, 6) is -12.2. The van der Waals surface area contributed by atoms with Crippen LogP contribution in [0, 0.1) is 29.1 Å². The Labute approximate surface area is 118 Å². The molecule has 0 amide bonds. The van der Waals surface area contributed by atoms with Crippen molar-refractivity contribution in [3.63, 3.8) is 0 Å². The summed E-state index contributed by atoms with van der Waals surface area (Å²) < 4.78 is 67.1. The standard InChI is InChI=1S/C11H5F5N2O2S/c12-5-6(13)8(15)10(9(16)7(5)14)18-2-1-17-11(18)21-3-4(19)20/h1-2H,3H2,(H,19,20). The normalized spacial score (nSPS) is 10.9. The minimum atomic E-state index is -2.27. The van der Waals surface area contributed by atoms with Gasteiger partial charge in [0.15, 0.2) is 28.4 Å². The Morgan fingerprint density at radius 1 is 1.10 bits per heavy atom. The minimum Gasteiger partial charge on any atom is -0.481 e. The van der Waals surface area contributed by atoms with Gasteiger partial charge in [-0.15, -0.1) is 0 Å². The number of hydrogen-bond donors (Lipinski definition) is 1. The maximum Gasteiger partial charge on any atom is 0.313 e. The fourth-order valence-corrected chi connectivity index (χ4v) is 2.18. The monoisotopic (exact) mass is 324 g/mol. The first-order chi connectivity index (χ1) is 9.84. The molecule has 10 heteroatoms. The highest BCUT2D eigenvalue weighted by Gasteiger charge is 2.28. The largest absolute Gasteiger partial charge is 0.481 e. The third-order valence-electron chi connectivity index (χ3n) is 2.36. The van der Waals surface area contributed by atoms with E-state index in [0.29, 0.717) is 16.3 Å². The highest BCUT2D eigenvalue weighted by molar-refractivity contribution is 7.99.